The Morgan fingerprint density at radius 2 is 1.97 bits per heavy atom. The molecule has 4 aromatic rings. The fourth-order valence-electron chi connectivity index (χ4n) is 4.21. The molecule has 0 radical (unpaired) electrons. The summed E-state index contributed by atoms with van der Waals surface area (Å²) in [5.41, 5.74) is 1.26. The predicted molar refractivity (Wildman–Crippen MR) is 137 cm³/mol. The quantitative estimate of drug-likeness (QED) is 0.295. The van der Waals surface area contributed by atoms with E-state index in [-0.39, 0.29) is 22.8 Å². The summed E-state index contributed by atoms with van der Waals surface area (Å²) in [4.78, 5) is 39.0. The SMILES string of the molecule is CC#CC(=O)N1CCC(Nc2ncnc3[nH]cc(C(=O)c4ccc(Oc5ccccc5)cc4Cl)c23)C1. The molecule has 180 valence electrons. The van der Waals surface area contributed by atoms with Crippen LogP contribution in [0, 0.1) is 11.8 Å². The van der Waals surface area contributed by atoms with Gasteiger partial charge in [-0.05, 0) is 43.5 Å². The van der Waals surface area contributed by atoms with Gasteiger partial charge in [0.05, 0.1) is 16.0 Å². The number of aromatic amines is 1. The highest BCUT2D eigenvalue weighted by atomic mass is 35.5. The Morgan fingerprint density at radius 3 is 2.75 bits per heavy atom. The molecule has 8 nitrogen and oxygen atoms in total. The average Bonchev–Trinajstić information content (AvgIpc) is 3.53. The zero-order valence-electron chi connectivity index (χ0n) is 19.4. The van der Waals surface area contributed by atoms with Crippen molar-refractivity contribution in [3.8, 4) is 23.3 Å². The van der Waals surface area contributed by atoms with Gasteiger partial charge < -0.3 is 19.9 Å². The number of benzene rings is 2. The molecule has 1 aliphatic rings. The van der Waals surface area contributed by atoms with Crippen molar-refractivity contribution in [2.45, 2.75) is 19.4 Å². The summed E-state index contributed by atoms with van der Waals surface area (Å²) in [7, 11) is 0. The largest absolute Gasteiger partial charge is 0.457 e. The monoisotopic (exact) mass is 499 g/mol. The zero-order chi connectivity index (χ0) is 25.1. The Balaban J connectivity index is 1.39. The van der Waals surface area contributed by atoms with E-state index in [1.165, 1.54) is 6.33 Å². The second-order valence-corrected chi connectivity index (χ2v) is 8.70. The minimum absolute atomic E-state index is 0.0263. The third-order valence-electron chi connectivity index (χ3n) is 5.93. The molecule has 1 fully saturated rings. The van der Waals surface area contributed by atoms with Gasteiger partial charge in [-0.2, -0.15) is 0 Å². The van der Waals surface area contributed by atoms with E-state index in [2.05, 4.69) is 32.1 Å². The first-order valence-electron chi connectivity index (χ1n) is 11.4. The lowest BCUT2D eigenvalue weighted by Gasteiger charge is -2.16. The molecule has 0 aliphatic carbocycles. The van der Waals surface area contributed by atoms with Gasteiger partial charge in [-0.1, -0.05) is 35.7 Å². The molecule has 1 atom stereocenters. The molecule has 2 aromatic heterocycles. The van der Waals surface area contributed by atoms with Crippen molar-refractivity contribution in [2.24, 2.45) is 0 Å². The number of likely N-dealkylation sites (tertiary alicyclic amines) is 1. The van der Waals surface area contributed by atoms with Crippen molar-refractivity contribution in [3.63, 3.8) is 0 Å². The number of hydrogen-bond donors (Lipinski definition) is 2. The number of carbonyl (C=O) groups is 2. The summed E-state index contributed by atoms with van der Waals surface area (Å²) in [5.74, 6) is 6.48. The number of ketones is 1. The summed E-state index contributed by atoms with van der Waals surface area (Å²) in [5, 5.41) is 4.22. The van der Waals surface area contributed by atoms with Crippen molar-refractivity contribution in [1.82, 2.24) is 19.9 Å². The van der Waals surface area contributed by atoms with Crippen LogP contribution in [0.2, 0.25) is 5.02 Å². The van der Waals surface area contributed by atoms with Gasteiger partial charge in [0, 0.05) is 37.0 Å². The molecule has 2 aromatic carbocycles. The fourth-order valence-corrected chi connectivity index (χ4v) is 4.46. The van der Waals surface area contributed by atoms with Crippen molar-refractivity contribution in [2.75, 3.05) is 18.4 Å². The van der Waals surface area contributed by atoms with Gasteiger partial charge >= 0.3 is 0 Å². The Labute approximate surface area is 212 Å². The number of nitrogens with zero attached hydrogens (tertiary/aromatic N) is 3. The van der Waals surface area contributed by atoms with Gasteiger partial charge in [-0.15, -0.1) is 0 Å². The molecule has 2 N–H and O–H groups in total. The first kappa shape index (κ1) is 23.4. The van der Waals surface area contributed by atoms with E-state index in [9.17, 15) is 9.59 Å². The number of H-pyrrole nitrogens is 1. The standard InChI is InChI=1S/C27H22ClN5O3/c1-2-6-23(34)33-12-11-17(15-33)32-27-24-21(14-29-26(24)30-16-31-27)25(35)20-10-9-19(13-22(20)28)36-18-7-4-3-5-8-18/h3-5,7-10,13-14,16-17H,11-12,15H2,1H3,(H2,29,30,31,32). The molecular formula is C27H22ClN5O3. The van der Waals surface area contributed by atoms with E-state index >= 15 is 0 Å². The maximum Gasteiger partial charge on any atom is 0.298 e. The summed E-state index contributed by atoms with van der Waals surface area (Å²) in [6.45, 7) is 2.74. The number of rotatable bonds is 6. The topological polar surface area (TPSA) is 100 Å². The fraction of sp³-hybridized carbons (Fsp3) is 0.185. The van der Waals surface area contributed by atoms with E-state index in [0.717, 1.165) is 6.42 Å². The number of halogens is 1. The smallest absolute Gasteiger partial charge is 0.298 e. The Hall–Kier alpha value is -4.35. The number of hydrogen-bond acceptors (Lipinski definition) is 6. The summed E-state index contributed by atoms with van der Waals surface area (Å²) >= 11 is 6.50. The molecule has 5 rings (SSSR count). The van der Waals surface area contributed by atoms with Crippen LogP contribution in [0.3, 0.4) is 0 Å². The second kappa shape index (κ2) is 10.1. The van der Waals surface area contributed by atoms with Crippen molar-refractivity contribution < 1.29 is 14.3 Å². The Morgan fingerprint density at radius 1 is 1.14 bits per heavy atom. The molecular weight excluding hydrogens is 478 g/mol. The van der Waals surface area contributed by atoms with Crippen molar-refractivity contribution >= 4 is 40.1 Å². The molecule has 0 saturated carbocycles. The Bertz CT molecular complexity index is 1510. The number of fused-ring (bicyclic) bond motifs is 1. The van der Waals surface area contributed by atoms with Crippen molar-refractivity contribution in [3.05, 3.63) is 77.2 Å². The molecule has 1 unspecified atom stereocenters. The zero-order valence-corrected chi connectivity index (χ0v) is 20.2. The lowest BCUT2D eigenvalue weighted by Crippen LogP contribution is -2.30. The van der Waals surface area contributed by atoms with Gasteiger partial charge in [0.25, 0.3) is 5.91 Å². The molecule has 1 aliphatic heterocycles. The van der Waals surface area contributed by atoms with Gasteiger partial charge in [-0.3, -0.25) is 9.59 Å². The molecule has 36 heavy (non-hydrogen) atoms. The number of carbonyl (C=O) groups excluding carboxylic acids is 2. The number of nitrogens with one attached hydrogen (secondary N) is 2. The lowest BCUT2D eigenvalue weighted by molar-refractivity contribution is -0.124. The molecule has 0 spiro atoms. The van der Waals surface area contributed by atoms with Crippen molar-refractivity contribution in [1.29, 1.82) is 0 Å². The van der Waals surface area contributed by atoms with Crippen LogP contribution in [0.15, 0.2) is 61.1 Å². The first-order chi connectivity index (χ1) is 17.5. The molecule has 1 amide bonds. The third-order valence-corrected chi connectivity index (χ3v) is 6.24. The summed E-state index contributed by atoms with van der Waals surface area (Å²) in [6.07, 6.45) is 3.78. The summed E-state index contributed by atoms with van der Waals surface area (Å²) < 4.78 is 5.82. The van der Waals surface area contributed by atoms with E-state index in [1.807, 2.05) is 30.3 Å². The Kier molecular flexibility index (Phi) is 6.56. The number of anilines is 1. The maximum atomic E-state index is 13.5. The van der Waals surface area contributed by atoms with Crippen LogP contribution in [0.4, 0.5) is 5.82 Å². The van der Waals surface area contributed by atoms with Gasteiger partial charge in [0.1, 0.15) is 29.3 Å². The van der Waals surface area contributed by atoms with E-state index in [4.69, 9.17) is 16.3 Å². The van der Waals surface area contributed by atoms with E-state index < -0.39 is 0 Å². The van der Waals surface area contributed by atoms with Crippen LogP contribution in [0.5, 0.6) is 11.5 Å². The second-order valence-electron chi connectivity index (χ2n) is 8.29. The number of ether oxygens (including phenoxy) is 1. The normalized spacial score (nSPS) is 14.8. The highest BCUT2D eigenvalue weighted by Gasteiger charge is 2.27. The van der Waals surface area contributed by atoms with E-state index in [0.29, 0.717) is 52.6 Å². The van der Waals surface area contributed by atoms with Gasteiger partial charge in [0.2, 0.25) is 0 Å². The average molecular weight is 500 g/mol. The minimum Gasteiger partial charge on any atom is -0.457 e. The van der Waals surface area contributed by atoms with Crippen LogP contribution in [0.25, 0.3) is 11.0 Å². The van der Waals surface area contributed by atoms with Gasteiger partial charge in [-0.25, -0.2) is 9.97 Å². The number of aromatic nitrogens is 3. The molecule has 9 heteroatoms. The predicted octanol–water partition coefficient (Wildman–Crippen LogP) is 4.67. The van der Waals surface area contributed by atoms with Gasteiger partial charge in [0.15, 0.2) is 5.78 Å². The third kappa shape index (κ3) is 4.74. The summed E-state index contributed by atoms with van der Waals surface area (Å²) in [6, 6.07) is 14.3. The molecule has 1 saturated heterocycles. The van der Waals surface area contributed by atoms with Crippen LogP contribution < -0.4 is 10.1 Å². The minimum atomic E-state index is -0.267. The van der Waals surface area contributed by atoms with Crippen LogP contribution in [-0.2, 0) is 4.79 Å². The van der Waals surface area contributed by atoms with E-state index in [1.54, 1.807) is 36.2 Å². The highest BCUT2D eigenvalue weighted by Crippen LogP contribution is 2.31. The lowest BCUT2D eigenvalue weighted by atomic mass is 10.0. The number of amides is 1. The molecule has 0 bridgehead atoms. The molecule has 3 heterocycles. The van der Waals surface area contributed by atoms with Crippen LogP contribution in [0.1, 0.15) is 29.3 Å². The van der Waals surface area contributed by atoms with Crippen LogP contribution >= 0.6 is 11.6 Å². The maximum absolute atomic E-state index is 13.5. The highest BCUT2D eigenvalue weighted by molar-refractivity contribution is 6.35. The first-order valence-corrected chi connectivity index (χ1v) is 11.8. The number of para-hydroxylation sites is 1. The van der Waals surface area contributed by atoms with Crippen LogP contribution in [-0.4, -0.2) is 50.7 Å².